The van der Waals surface area contributed by atoms with Crippen molar-refractivity contribution in [3.63, 3.8) is 0 Å². The van der Waals surface area contributed by atoms with Crippen LogP contribution in [0.3, 0.4) is 0 Å². The van der Waals surface area contributed by atoms with Crippen molar-refractivity contribution in [3.05, 3.63) is 35.4 Å². The molecule has 1 unspecified atom stereocenters. The van der Waals surface area contributed by atoms with Gasteiger partial charge in [0.2, 0.25) is 0 Å². The van der Waals surface area contributed by atoms with Gasteiger partial charge in [0, 0.05) is 38.8 Å². The van der Waals surface area contributed by atoms with Crippen molar-refractivity contribution in [1.29, 1.82) is 0 Å². The lowest BCUT2D eigenvalue weighted by Gasteiger charge is -2.17. The highest BCUT2D eigenvalue weighted by Crippen LogP contribution is 2.08. The minimum Gasteiger partial charge on any atom is -0.357 e. The van der Waals surface area contributed by atoms with Gasteiger partial charge in [-0.1, -0.05) is 44.7 Å². The molecule has 0 bridgehead atoms. The van der Waals surface area contributed by atoms with Crippen molar-refractivity contribution < 1.29 is 4.79 Å². The molecular weight excluding hydrogens is 463 g/mol. The molecule has 0 saturated heterocycles. The van der Waals surface area contributed by atoms with Gasteiger partial charge in [-0.25, -0.2) is 0 Å². The lowest BCUT2D eigenvalue weighted by atomic mass is 10.1. The van der Waals surface area contributed by atoms with Crippen LogP contribution in [-0.4, -0.2) is 50.0 Å². The Balaban J connectivity index is 0.00000729. The summed E-state index contributed by atoms with van der Waals surface area (Å²) in [7, 11) is 3.55. The fourth-order valence-electron chi connectivity index (χ4n) is 2.92. The van der Waals surface area contributed by atoms with E-state index in [1.807, 2.05) is 18.2 Å². The van der Waals surface area contributed by atoms with Crippen LogP contribution in [0.1, 0.15) is 68.8 Å². The number of unbranched alkanes of at least 4 members (excludes halogenated alkanes) is 3. The number of carbonyl (C=O) groups excluding carboxylic acids is 1. The molecule has 0 fully saturated rings. The number of carbonyl (C=O) groups is 1. The van der Waals surface area contributed by atoms with Crippen molar-refractivity contribution in [2.24, 2.45) is 4.99 Å². The van der Waals surface area contributed by atoms with Crippen LogP contribution in [0, 0.1) is 0 Å². The van der Waals surface area contributed by atoms with Gasteiger partial charge >= 0.3 is 0 Å². The number of halogens is 1. The molecular formula is C22H39IN4O. The summed E-state index contributed by atoms with van der Waals surface area (Å²) in [6.07, 6.45) is 7.13. The van der Waals surface area contributed by atoms with E-state index in [0.717, 1.165) is 30.1 Å². The molecule has 160 valence electrons. The maximum absolute atomic E-state index is 12.1. The summed E-state index contributed by atoms with van der Waals surface area (Å²) < 4.78 is 0. The molecule has 1 rings (SSSR count). The highest BCUT2D eigenvalue weighted by atomic mass is 127. The topological polar surface area (TPSA) is 56.7 Å². The van der Waals surface area contributed by atoms with Gasteiger partial charge in [-0.3, -0.25) is 9.79 Å². The Morgan fingerprint density at radius 2 is 1.93 bits per heavy atom. The molecule has 0 heterocycles. The third-order valence-corrected chi connectivity index (χ3v) is 4.47. The van der Waals surface area contributed by atoms with Crippen molar-refractivity contribution in [2.45, 2.75) is 65.3 Å². The molecule has 2 N–H and O–H groups in total. The monoisotopic (exact) mass is 502 g/mol. The Bertz CT molecular complexity index is 590. The fraction of sp³-hybridized carbons (Fsp3) is 0.636. The van der Waals surface area contributed by atoms with E-state index in [9.17, 15) is 4.79 Å². The van der Waals surface area contributed by atoms with Crippen LogP contribution in [-0.2, 0) is 6.42 Å². The van der Waals surface area contributed by atoms with Crippen LogP contribution in [0.5, 0.6) is 0 Å². The molecule has 6 heteroatoms. The van der Waals surface area contributed by atoms with Gasteiger partial charge in [0.25, 0.3) is 5.91 Å². The second-order valence-electron chi connectivity index (χ2n) is 7.31. The van der Waals surface area contributed by atoms with Gasteiger partial charge in [-0.2, -0.15) is 0 Å². The molecule has 0 spiro atoms. The molecule has 1 atom stereocenters. The predicted molar refractivity (Wildman–Crippen MR) is 131 cm³/mol. The van der Waals surface area contributed by atoms with E-state index in [1.165, 1.54) is 32.1 Å². The van der Waals surface area contributed by atoms with E-state index < -0.39 is 0 Å². The minimum absolute atomic E-state index is 0. The third-order valence-electron chi connectivity index (χ3n) is 4.47. The van der Waals surface area contributed by atoms with E-state index in [1.54, 1.807) is 19.0 Å². The second-order valence-corrected chi connectivity index (χ2v) is 7.31. The first kappa shape index (κ1) is 26.7. The number of nitrogens with one attached hydrogen (secondary N) is 2. The van der Waals surface area contributed by atoms with Gasteiger partial charge in [0.05, 0.1) is 0 Å². The first-order valence-electron chi connectivity index (χ1n) is 10.3. The minimum atomic E-state index is 0. The number of aliphatic imine (C=N–C) groups is 1. The Labute approximate surface area is 188 Å². The SMILES string of the molecule is CCCCCCC(C)NC(=NCCc1cccc(C(=O)N(C)C)c1)NCC.I. The van der Waals surface area contributed by atoms with E-state index in [-0.39, 0.29) is 29.9 Å². The predicted octanol–water partition coefficient (Wildman–Crippen LogP) is 4.46. The van der Waals surface area contributed by atoms with Crippen molar-refractivity contribution >= 4 is 35.8 Å². The van der Waals surface area contributed by atoms with Gasteiger partial charge < -0.3 is 15.5 Å². The van der Waals surface area contributed by atoms with Crippen molar-refractivity contribution in [1.82, 2.24) is 15.5 Å². The summed E-state index contributed by atoms with van der Waals surface area (Å²) in [6.45, 7) is 8.08. The summed E-state index contributed by atoms with van der Waals surface area (Å²) in [5, 5.41) is 6.83. The number of amides is 1. The van der Waals surface area contributed by atoms with Crippen LogP contribution in [0.25, 0.3) is 0 Å². The molecule has 0 radical (unpaired) electrons. The standard InChI is InChI=1S/C22H38N4O.HI/c1-6-8-9-10-12-18(3)25-22(23-7-2)24-16-15-19-13-11-14-20(17-19)21(27)26(4)5;/h11,13-14,17-18H,6-10,12,15-16H2,1-5H3,(H2,23,24,25);1H. The van der Waals surface area contributed by atoms with Crippen molar-refractivity contribution in [2.75, 3.05) is 27.2 Å². The van der Waals surface area contributed by atoms with Crippen molar-refractivity contribution in [3.8, 4) is 0 Å². The lowest BCUT2D eigenvalue weighted by Crippen LogP contribution is -2.42. The lowest BCUT2D eigenvalue weighted by molar-refractivity contribution is 0.0827. The van der Waals surface area contributed by atoms with Crippen LogP contribution < -0.4 is 10.6 Å². The van der Waals surface area contributed by atoms with E-state index >= 15 is 0 Å². The van der Waals surface area contributed by atoms with Gasteiger partial charge in [0.15, 0.2) is 5.96 Å². The zero-order valence-electron chi connectivity index (χ0n) is 18.3. The first-order valence-corrected chi connectivity index (χ1v) is 10.3. The maximum Gasteiger partial charge on any atom is 0.253 e. The van der Waals surface area contributed by atoms with Gasteiger partial charge in [-0.15, -0.1) is 24.0 Å². The number of guanidine groups is 1. The van der Waals surface area contributed by atoms with E-state index in [4.69, 9.17) is 4.99 Å². The van der Waals surface area contributed by atoms with E-state index in [0.29, 0.717) is 12.6 Å². The normalized spacial score (nSPS) is 12.1. The Kier molecular flexibility index (Phi) is 14.9. The molecule has 0 aliphatic rings. The Morgan fingerprint density at radius 1 is 1.18 bits per heavy atom. The van der Waals surface area contributed by atoms with E-state index in [2.05, 4.69) is 37.5 Å². The summed E-state index contributed by atoms with van der Waals surface area (Å²) in [4.78, 5) is 18.4. The smallest absolute Gasteiger partial charge is 0.253 e. The second kappa shape index (κ2) is 15.6. The highest BCUT2D eigenvalue weighted by molar-refractivity contribution is 14.0. The quantitative estimate of drug-likeness (QED) is 0.203. The number of nitrogens with zero attached hydrogens (tertiary/aromatic N) is 2. The highest BCUT2D eigenvalue weighted by Gasteiger charge is 2.08. The Morgan fingerprint density at radius 3 is 2.57 bits per heavy atom. The largest absolute Gasteiger partial charge is 0.357 e. The average molecular weight is 502 g/mol. The van der Waals surface area contributed by atoms with Gasteiger partial charge in [-0.05, 0) is 44.4 Å². The third kappa shape index (κ3) is 10.9. The molecule has 28 heavy (non-hydrogen) atoms. The number of hydrogen-bond donors (Lipinski definition) is 2. The molecule has 0 aliphatic heterocycles. The van der Waals surface area contributed by atoms with Crippen LogP contribution in [0.15, 0.2) is 29.3 Å². The molecule has 1 aromatic carbocycles. The molecule has 0 saturated carbocycles. The average Bonchev–Trinajstić information content (AvgIpc) is 2.65. The summed E-state index contributed by atoms with van der Waals surface area (Å²) in [5.74, 6) is 0.910. The van der Waals surface area contributed by atoms with Gasteiger partial charge in [0.1, 0.15) is 0 Å². The molecule has 1 amide bonds. The number of hydrogen-bond acceptors (Lipinski definition) is 2. The zero-order chi connectivity index (χ0) is 20.1. The number of rotatable bonds is 11. The fourth-order valence-corrected chi connectivity index (χ4v) is 2.92. The van der Waals surface area contributed by atoms with Crippen LogP contribution >= 0.6 is 24.0 Å². The number of benzene rings is 1. The summed E-state index contributed by atoms with van der Waals surface area (Å²) >= 11 is 0. The van der Waals surface area contributed by atoms with Crippen LogP contribution in [0.4, 0.5) is 0 Å². The molecule has 5 nitrogen and oxygen atoms in total. The maximum atomic E-state index is 12.1. The first-order chi connectivity index (χ1) is 13.0. The molecule has 0 aliphatic carbocycles. The van der Waals surface area contributed by atoms with Crippen LogP contribution in [0.2, 0.25) is 0 Å². The molecule has 0 aromatic heterocycles. The summed E-state index contributed by atoms with van der Waals surface area (Å²) in [5.41, 5.74) is 1.86. The molecule has 1 aromatic rings. The zero-order valence-corrected chi connectivity index (χ0v) is 20.6. The summed E-state index contributed by atoms with van der Waals surface area (Å²) in [6, 6.07) is 8.24. The Hall–Kier alpha value is -1.31.